The van der Waals surface area contributed by atoms with Crippen LogP contribution >= 0.6 is 0 Å². The standard InChI is InChI=1S/C54H34O/c1-2-11-35(12-3-1)41-29-31-51-49(33-41)50-34-42(30-32-52(50)55-51)36-21-25-39(26-22-36)53-45-16-6-8-18-47(45)54(48-19-9-7-17-46(48)53)40-27-23-38(24-28-40)44-20-10-14-37-13-4-5-15-43(37)44/h1-34H. The van der Waals surface area contributed by atoms with Crippen molar-refractivity contribution in [1.29, 1.82) is 0 Å². The quantitative estimate of drug-likeness (QED) is 0.163. The molecule has 0 N–H and O–H groups in total. The lowest BCUT2D eigenvalue weighted by atomic mass is 9.85. The van der Waals surface area contributed by atoms with E-state index in [0.717, 1.165) is 21.9 Å². The molecule has 0 atom stereocenters. The fourth-order valence-electron chi connectivity index (χ4n) is 8.64. The van der Waals surface area contributed by atoms with Gasteiger partial charge in [0.15, 0.2) is 0 Å². The number of hydrogen-bond acceptors (Lipinski definition) is 1. The Kier molecular flexibility index (Phi) is 7.25. The van der Waals surface area contributed by atoms with Crippen molar-refractivity contribution in [2.24, 2.45) is 0 Å². The van der Waals surface area contributed by atoms with Gasteiger partial charge < -0.3 is 4.42 Å². The van der Waals surface area contributed by atoms with E-state index >= 15 is 0 Å². The summed E-state index contributed by atoms with van der Waals surface area (Å²) in [5.41, 5.74) is 14.0. The van der Waals surface area contributed by atoms with Crippen LogP contribution in [0.25, 0.3) is 110 Å². The molecule has 1 heterocycles. The Morgan fingerprint density at radius 1 is 0.236 bits per heavy atom. The molecule has 1 nitrogen and oxygen atoms in total. The minimum Gasteiger partial charge on any atom is -0.456 e. The molecule has 0 spiro atoms. The van der Waals surface area contributed by atoms with Gasteiger partial charge in [-0.25, -0.2) is 0 Å². The Bertz CT molecular complexity index is 3160. The first-order valence-electron chi connectivity index (χ1n) is 18.9. The molecule has 0 radical (unpaired) electrons. The fourth-order valence-corrected chi connectivity index (χ4v) is 8.64. The molecule has 1 aromatic heterocycles. The van der Waals surface area contributed by atoms with E-state index < -0.39 is 0 Å². The third kappa shape index (κ3) is 5.24. The minimum atomic E-state index is 0.904. The molecule has 256 valence electrons. The van der Waals surface area contributed by atoms with Crippen molar-refractivity contribution in [2.75, 3.05) is 0 Å². The number of benzene rings is 10. The van der Waals surface area contributed by atoms with E-state index in [1.807, 2.05) is 0 Å². The van der Waals surface area contributed by atoms with Gasteiger partial charge in [-0.1, -0.05) is 182 Å². The highest BCUT2D eigenvalue weighted by atomic mass is 16.3. The van der Waals surface area contributed by atoms with E-state index in [4.69, 9.17) is 4.42 Å². The first-order valence-corrected chi connectivity index (χ1v) is 18.9. The smallest absolute Gasteiger partial charge is 0.135 e. The van der Waals surface area contributed by atoms with Gasteiger partial charge in [0.05, 0.1) is 0 Å². The van der Waals surface area contributed by atoms with Crippen LogP contribution in [0, 0.1) is 0 Å². The molecule has 0 unspecified atom stereocenters. The lowest BCUT2D eigenvalue weighted by molar-refractivity contribution is 0.669. The summed E-state index contributed by atoms with van der Waals surface area (Å²) in [7, 11) is 0. The first kappa shape index (κ1) is 31.3. The SMILES string of the molecule is c1ccc(-c2ccc3oc4ccc(-c5ccc(-c6c7ccccc7c(-c7ccc(-c8cccc9ccccc89)cc7)c7ccccc67)cc5)cc4c3c2)cc1. The summed E-state index contributed by atoms with van der Waals surface area (Å²) in [4.78, 5) is 0. The van der Waals surface area contributed by atoms with Crippen LogP contribution in [-0.4, -0.2) is 0 Å². The number of hydrogen-bond donors (Lipinski definition) is 0. The molecular weight excluding hydrogens is 665 g/mol. The van der Waals surface area contributed by atoms with Gasteiger partial charge in [0.1, 0.15) is 11.2 Å². The van der Waals surface area contributed by atoms with Crippen LogP contribution in [-0.2, 0) is 0 Å². The molecule has 10 aromatic carbocycles. The van der Waals surface area contributed by atoms with E-state index in [9.17, 15) is 0 Å². The van der Waals surface area contributed by atoms with Crippen LogP contribution in [0.5, 0.6) is 0 Å². The van der Waals surface area contributed by atoms with Crippen LogP contribution in [0.2, 0.25) is 0 Å². The molecular formula is C54H34O. The highest BCUT2D eigenvalue weighted by Crippen LogP contribution is 2.45. The van der Waals surface area contributed by atoms with Gasteiger partial charge in [0, 0.05) is 10.8 Å². The highest BCUT2D eigenvalue weighted by molar-refractivity contribution is 6.21. The van der Waals surface area contributed by atoms with Crippen LogP contribution in [0.3, 0.4) is 0 Å². The van der Waals surface area contributed by atoms with Crippen molar-refractivity contribution < 1.29 is 4.42 Å². The molecule has 0 aliphatic carbocycles. The van der Waals surface area contributed by atoms with Crippen LogP contribution in [0.15, 0.2) is 211 Å². The predicted octanol–water partition coefficient (Wildman–Crippen LogP) is 15.4. The Labute approximate surface area is 319 Å². The highest BCUT2D eigenvalue weighted by Gasteiger charge is 2.17. The lowest BCUT2D eigenvalue weighted by Crippen LogP contribution is -1.91. The maximum Gasteiger partial charge on any atom is 0.135 e. The monoisotopic (exact) mass is 698 g/mol. The zero-order valence-corrected chi connectivity index (χ0v) is 30.0. The summed E-state index contributed by atoms with van der Waals surface area (Å²) in [6.07, 6.45) is 0. The molecule has 0 saturated carbocycles. The maximum absolute atomic E-state index is 6.28. The van der Waals surface area contributed by atoms with Crippen molar-refractivity contribution in [2.45, 2.75) is 0 Å². The summed E-state index contributed by atoms with van der Waals surface area (Å²) in [5.74, 6) is 0. The summed E-state index contributed by atoms with van der Waals surface area (Å²) in [5, 5.41) is 9.82. The van der Waals surface area contributed by atoms with Crippen molar-refractivity contribution in [3.63, 3.8) is 0 Å². The number of fused-ring (bicyclic) bond motifs is 6. The number of rotatable bonds is 5. The topological polar surface area (TPSA) is 13.1 Å². The number of furan rings is 1. The average Bonchev–Trinajstić information content (AvgIpc) is 3.63. The van der Waals surface area contributed by atoms with Gasteiger partial charge in [-0.05, 0) is 112 Å². The fraction of sp³-hybridized carbons (Fsp3) is 0. The second kappa shape index (κ2) is 12.7. The molecule has 0 fully saturated rings. The van der Waals surface area contributed by atoms with E-state index in [-0.39, 0.29) is 0 Å². The van der Waals surface area contributed by atoms with Crippen LogP contribution in [0.4, 0.5) is 0 Å². The molecule has 0 aliphatic heterocycles. The summed E-state index contributed by atoms with van der Waals surface area (Å²) < 4.78 is 6.28. The van der Waals surface area contributed by atoms with E-state index in [1.165, 1.54) is 88.0 Å². The average molecular weight is 699 g/mol. The Hall–Kier alpha value is -7.22. The van der Waals surface area contributed by atoms with Crippen molar-refractivity contribution >= 4 is 54.3 Å². The maximum atomic E-state index is 6.28. The molecule has 0 aliphatic rings. The van der Waals surface area contributed by atoms with Gasteiger partial charge in [-0.15, -0.1) is 0 Å². The molecule has 0 amide bonds. The normalized spacial score (nSPS) is 11.6. The molecule has 1 heteroatoms. The van der Waals surface area contributed by atoms with E-state index in [1.54, 1.807) is 0 Å². The molecule has 0 saturated heterocycles. The largest absolute Gasteiger partial charge is 0.456 e. The summed E-state index contributed by atoms with van der Waals surface area (Å²) >= 11 is 0. The van der Waals surface area contributed by atoms with E-state index in [2.05, 4.69) is 206 Å². The van der Waals surface area contributed by atoms with Crippen LogP contribution in [0.1, 0.15) is 0 Å². The second-order valence-corrected chi connectivity index (χ2v) is 14.4. The van der Waals surface area contributed by atoms with Crippen LogP contribution < -0.4 is 0 Å². The van der Waals surface area contributed by atoms with Gasteiger partial charge in [0.2, 0.25) is 0 Å². The lowest BCUT2D eigenvalue weighted by Gasteiger charge is -2.18. The van der Waals surface area contributed by atoms with Crippen molar-refractivity contribution in [3.8, 4) is 55.6 Å². The van der Waals surface area contributed by atoms with Gasteiger partial charge >= 0.3 is 0 Å². The van der Waals surface area contributed by atoms with E-state index in [0.29, 0.717) is 0 Å². The Balaban J connectivity index is 1.00. The zero-order valence-electron chi connectivity index (χ0n) is 30.0. The first-order chi connectivity index (χ1) is 27.3. The molecule has 0 bridgehead atoms. The zero-order chi connectivity index (χ0) is 36.3. The Morgan fingerprint density at radius 3 is 1.18 bits per heavy atom. The second-order valence-electron chi connectivity index (χ2n) is 14.4. The summed E-state index contributed by atoms with van der Waals surface area (Å²) in [6, 6.07) is 74.8. The Morgan fingerprint density at radius 2 is 0.636 bits per heavy atom. The van der Waals surface area contributed by atoms with Gasteiger partial charge in [0.25, 0.3) is 0 Å². The predicted molar refractivity (Wildman–Crippen MR) is 233 cm³/mol. The van der Waals surface area contributed by atoms with Crippen molar-refractivity contribution in [1.82, 2.24) is 0 Å². The van der Waals surface area contributed by atoms with Gasteiger partial charge in [-0.3, -0.25) is 0 Å². The third-order valence-corrected chi connectivity index (χ3v) is 11.3. The summed E-state index contributed by atoms with van der Waals surface area (Å²) in [6.45, 7) is 0. The molecule has 11 rings (SSSR count). The minimum absolute atomic E-state index is 0.904. The third-order valence-electron chi connectivity index (χ3n) is 11.3. The van der Waals surface area contributed by atoms with Crippen molar-refractivity contribution in [3.05, 3.63) is 206 Å². The molecule has 55 heavy (non-hydrogen) atoms. The van der Waals surface area contributed by atoms with Gasteiger partial charge in [-0.2, -0.15) is 0 Å². The molecule has 11 aromatic rings.